The van der Waals surface area contributed by atoms with Crippen LogP contribution in [0.15, 0.2) is 54.7 Å². The number of benzene rings is 2. The van der Waals surface area contributed by atoms with Crippen LogP contribution in [0.1, 0.15) is 11.1 Å². The lowest BCUT2D eigenvalue weighted by atomic mass is 10.0. The molecular weight excluding hydrogens is 369 g/mol. The van der Waals surface area contributed by atoms with Gasteiger partial charge in [0.25, 0.3) is 0 Å². The first-order chi connectivity index (χ1) is 14.2. The van der Waals surface area contributed by atoms with E-state index in [0.29, 0.717) is 37.4 Å². The lowest BCUT2D eigenvalue weighted by Gasteiger charge is -2.27. The molecule has 3 aromatic rings. The second kappa shape index (κ2) is 8.29. The number of rotatable bonds is 4. The third-order valence-corrected chi connectivity index (χ3v) is 5.06. The number of hydrogen-bond acceptors (Lipinski definition) is 3. The SMILES string of the molecule is N#C/C(=C\c1cn(CC(=O)N2CCOCC2)c2ccccc12)c1ccc(F)cc1. The van der Waals surface area contributed by atoms with E-state index in [2.05, 4.69) is 6.07 Å². The Labute approximate surface area is 168 Å². The fraction of sp³-hybridized carbons (Fsp3) is 0.217. The highest BCUT2D eigenvalue weighted by atomic mass is 19.1. The van der Waals surface area contributed by atoms with Crippen LogP contribution >= 0.6 is 0 Å². The number of hydrogen-bond donors (Lipinski definition) is 0. The lowest BCUT2D eigenvalue weighted by Crippen LogP contribution is -2.42. The molecule has 0 atom stereocenters. The van der Waals surface area contributed by atoms with E-state index in [1.807, 2.05) is 39.9 Å². The van der Waals surface area contributed by atoms with Gasteiger partial charge in [-0.25, -0.2) is 4.39 Å². The number of nitrogens with zero attached hydrogens (tertiary/aromatic N) is 3. The second-order valence-corrected chi connectivity index (χ2v) is 6.90. The van der Waals surface area contributed by atoms with Crippen molar-refractivity contribution >= 4 is 28.5 Å². The van der Waals surface area contributed by atoms with Crippen molar-refractivity contribution < 1.29 is 13.9 Å². The first-order valence-electron chi connectivity index (χ1n) is 9.47. The minimum atomic E-state index is -0.343. The minimum Gasteiger partial charge on any atom is -0.378 e. The van der Waals surface area contributed by atoms with E-state index in [1.54, 1.807) is 18.2 Å². The standard InChI is InChI=1S/C23H20FN3O2/c24-20-7-5-17(6-8-20)18(14-25)13-19-15-27(22-4-2-1-3-21(19)22)16-23(28)26-9-11-29-12-10-26/h1-8,13,15H,9-12,16H2/b18-13+. The van der Waals surface area contributed by atoms with E-state index in [1.165, 1.54) is 12.1 Å². The molecule has 29 heavy (non-hydrogen) atoms. The summed E-state index contributed by atoms with van der Waals surface area (Å²) in [6.45, 7) is 2.57. The van der Waals surface area contributed by atoms with Gasteiger partial charge < -0.3 is 14.2 Å². The van der Waals surface area contributed by atoms with Gasteiger partial charge >= 0.3 is 0 Å². The van der Waals surface area contributed by atoms with Crippen LogP contribution in [-0.4, -0.2) is 41.7 Å². The Hall–Kier alpha value is -3.43. The van der Waals surface area contributed by atoms with Crippen LogP contribution in [0.4, 0.5) is 4.39 Å². The molecule has 0 aliphatic carbocycles. The Morgan fingerprint density at radius 3 is 2.59 bits per heavy atom. The average molecular weight is 389 g/mol. The zero-order valence-electron chi connectivity index (χ0n) is 15.8. The van der Waals surface area contributed by atoms with Crippen LogP contribution < -0.4 is 0 Å². The van der Waals surface area contributed by atoms with Crippen molar-refractivity contribution in [2.75, 3.05) is 26.3 Å². The van der Waals surface area contributed by atoms with Crippen molar-refractivity contribution in [1.82, 2.24) is 9.47 Å². The number of morpholine rings is 1. The number of amides is 1. The van der Waals surface area contributed by atoms with Crippen LogP contribution in [0.2, 0.25) is 0 Å². The van der Waals surface area contributed by atoms with Crippen molar-refractivity contribution in [3.05, 3.63) is 71.7 Å². The molecule has 4 rings (SSSR count). The summed E-state index contributed by atoms with van der Waals surface area (Å²) in [7, 11) is 0. The van der Waals surface area contributed by atoms with Crippen LogP contribution in [0, 0.1) is 17.1 Å². The number of aromatic nitrogens is 1. The Balaban J connectivity index is 1.69. The molecule has 6 heteroatoms. The van der Waals surface area contributed by atoms with Crippen molar-refractivity contribution in [2.24, 2.45) is 0 Å². The van der Waals surface area contributed by atoms with Gasteiger partial charge in [-0.3, -0.25) is 4.79 Å². The monoisotopic (exact) mass is 389 g/mol. The number of allylic oxidation sites excluding steroid dienone is 1. The quantitative estimate of drug-likeness (QED) is 0.640. The van der Waals surface area contributed by atoms with E-state index >= 15 is 0 Å². The van der Waals surface area contributed by atoms with E-state index in [4.69, 9.17) is 4.74 Å². The lowest BCUT2D eigenvalue weighted by molar-refractivity contribution is -0.135. The molecule has 1 aromatic heterocycles. The summed E-state index contributed by atoms with van der Waals surface area (Å²) in [6, 6.07) is 15.8. The van der Waals surface area contributed by atoms with Crippen molar-refractivity contribution in [1.29, 1.82) is 5.26 Å². The van der Waals surface area contributed by atoms with Crippen LogP contribution in [-0.2, 0) is 16.1 Å². The predicted octanol–water partition coefficient (Wildman–Crippen LogP) is 3.70. The maximum absolute atomic E-state index is 13.2. The zero-order chi connectivity index (χ0) is 20.2. The van der Waals surface area contributed by atoms with E-state index in [-0.39, 0.29) is 18.3 Å². The van der Waals surface area contributed by atoms with Crippen molar-refractivity contribution in [2.45, 2.75) is 6.54 Å². The molecule has 1 amide bonds. The molecular formula is C23H20FN3O2. The predicted molar refractivity (Wildman–Crippen MR) is 109 cm³/mol. The van der Waals surface area contributed by atoms with Gasteiger partial charge in [0.05, 0.1) is 24.9 Å². The molecule has 5 nitrogen and oxygen atoms in total. The average Bonchev–Trinajstić information content (AvgIpc) is 3.10. The van der Waals surface area contributed by atoms with E-state index < -0.39 is 0 Å². The Morgan fingerprint density at radius 2 is 1.86 bits per heavy atom. The molecule has 146 valence electrons. The number of fused-ring (bicyclic) bond motifs is 1. The smallest absolute Gasteiger partial charge is 0.242 e. The van der Waals surface area contributed by atoms with E-state index in [0.717, 1.165) is 16.5 Å². The molecule has 0 unspecified atom stereocenters. The van der Waals surface area contributed by atoms with Gasteiger partial charge in [-0.05, 0) is 29.8 Å². The van der Waals surface area contributed by atoms with Gasteiger partial charge in [-0.1, -0.05) is 30.3 Å². The van der Waals surface area contributed by atoms with E-state index in [9.17, 15) is 14.4 Å². The van der Waals surface area contributed by atoms with Crippen molar-refractivity contribution in [3.8, 4) is 6.07 Å². The number of halogens is 1. The molecule has 1 saturated heterocycles. The molecule has 0 N–H and O–H groups in total. The van der Waals surface area contributed by atoms with Crippen LogP contribution in [0.3, 0.4) is 0 Å². The van der Waals surface area contributed by atoms with Gasteiger partial charge in [0.2, 0.25) is 5.91 Å². The highest BCUT2D eigenvalue weighted by molar-refractivity contribution is 5.98. The normalized spacial score (nSPS) is 14.8. The molecule has 2 aromatic carbocycles. The summed E-state index contributed by atoms with van der Waals surface area (Å²) in [5.41, 5.74) is 2.86. The molecule has 0 saturated carbocycles. The summed E-state index contributed by atoms with van der Waals surface area (Å²) < 4.78 is 20.5. The fourth-order valence-corrected chi connectivity index (χ4v) is 3.54. The number of para-hydroxylation sites is 1. The maximum Gasteiger partial charge on any atom is 0.242 e. The minimum absolute atomic E-state index is 0.0450. The number of ether oxygens (including phenoxy) is 1. The Morgan fingerprint density at radius 1 is 1.14 bits per heavy atom. The number of carbonyl (C=O) groups excluding carboxylic acids is 1. The van der Waals surface area contributed by atoms with Gasteiger partial charge in [0.1, 0.15) is 12.4 Å². The third-order valence-electron chi connectivity index (χ3n) is 5.06. The zero-order valence-corrected chi connectivity index (χ0v) is 15.8. The largest absolute Gasteiger partial charge is 0.378 e. The van der Waals surface area contributed by atoms with Crippen molar-refractivity contribution in [3.63, 3.8) is 0 Å². The summed E-state index contributed by atoms with van der Waals surface area (Å²) in [5, 5.41) is 10.6. The summed E-state index contributed by atoms with van der Waals surface area (Å²) in [6.07, 6.45) is 3.68. The molecule has 1 fully saturated rings. The third kappa shape index (κ3) is 4.05. The highest BCUT2D eigenvalue weighted by Crippen LogP contribution is 2.26. The summed E-state index contributed by atoms with van der Waals surface area (Å²) >= 11 is 0. The molecule has 0 spiro atoms. The maximum atomic E-state index is 13.2. The first kappa shape index (κ1) is 18.9. The molecule has 0 bridgehead atoms. The molecule has 2 heterocycles. The van der Waals surface area contributed by atoms with Crippen LogP contribution in [0.5, 0.6) is 0 Å². The highest BCUT2D eigenvalue weighted by Gasteiger charge is 2.18. The first-order valence-corrected chi connectivity index (χ1v) is 9.47. The Bertz CT molecular complexity index is 1100. The van der Waals surface area contributed by atoms with Crippen LogP contribution in [0.25, 0.3) is 22.6 Å². The van der Waals surface area contributed by atoms with Gasteiger partial charge in [-0.15, -0.1) is 0 Å². The Kier molecular flexibility index (Phi) is 5.41. The van der Waals surface area contributed by atoms with Gasteiger partial charge in [-0.2, -0.15) is 5.26 Å². The summed E-state index contributed by atoms with van der Waals surface area (Å²) in [5.74, 6) is -0.298. The molecule has 1 aliphatic rings. The molecule has 1 aliphatic heterocycles. The second-order valence-electron chi connectivity index (χ2n) is 6.90. The number of nitriles is 1. The van der Waals surface area contributed by atoms with Gasteiger partial charge in [0.15, 0.2) is 0 Å². The molecule has 0 radical (unpaired) electrons. The fourth-order valence-electron chi connectivity index (χ4n) is 3.54. The summed E-state index contributed by atoms with van der Waals surface area (Å²) in [4.78, 5) is 14.5. The topological polar surface area (TPSA) is 58.3 Å². The number of carbonyl (C=O) groups is 1. The van der Waals surface area contributed by atoms with Gasteiger partial charge in [0, 0.05) is 35.8 Å².